The molecule has 0 unspecified atom stereocenters. The molecule has 0 saturated carbocycles. The summed E-state index contributed by atoms with van der Waals surface area (Å²) in [6.07, 6.45) is 3.40. The minimum absolute atomic E-state index is 0.560. The Bertz CT molecular complexity index is 405. The van der Waals surface area contributed by atoms with Gasteiger partial charge < -0.3 is 9.80 Å². The first-order valence-electron chi connectivity index (χ1n) is 7.68. The lowest BCUT2D eigenvalue weighted by Gasteiger charge is -2.37. The molecule has 0 bridgehead atoms. The monoisotopic (exact) mass is 295 g/mol. The highest BCUT2D eigenvalue weighted by Crippen LogP contribution is 2.23. The summed E-state index contributed by atoms with van der Waals surface area (Å²) < 4.78 is 0. The molecule has 2 rings (SSSR count). The van der Waals surface area contributed by atoms with Crippen molar-refractivity contribution in [3.05, 3.63) is 23.4 Å². The van der Waals surface area contributed by atoms with E-state index in [4.69, 9.17) is 16.6 Å². The van der Waals surface area contributed by atoms with Crippen molar-refractivity contribution in [2.45, 2.75) is 45.0 Å². The normalized spacial score (nSPS) is 17.4. The van der Waals surface area contributed by atoms with Gasteiger partial charge in [-0.3, -0.25) is 0 Å². The minimum Gasteiger partial charge on any atom is -0.357 e. The van der Waals surface area contributed by atoms with E-state index in [-0.39, 0.29) is 0 Å². The molecule has 0 N–H and O–H groups in total. The van der Waals surface area contributed by atoms with Gasteiger partial charge in [0.15, 0.2) is 0 Å². The number of halogens is 1. The van der Waals surface area contributed by atoms with Gasteiger partial charge in [-0.15, -0.1) is 11.6 Å². The average Bonchev–Trinajstić information content (AvgIpc) is 2.53. The zero-order valence-electron chi connectivity index (χ0n) is 12.9. The van der Waals surface area contributed by atoms with E-state index in [0.29, 0.717) is 11.9 Å². The Morgan fingerprint density at radius 1 is 1.30 bits per heavy atom. The van der Waals surface area contributed by atoms with Gasteiger partial charge in [0.1, 0.15) is 5.82 Å². The van der Waals surface area contributed by atoms with Crippen molar-refractivity contribution in [1.29, 1.82) is 0 Å². The Morgan fingerprint density at radius 2 is 2.00 bits per heavy atom. The predicted octanol–water partition coefficient (Wildman–Crippen LogP) is 3.30. The van der Waals surface area contributed by atoms with Gasteiger partial charge in [0.05, 0.1) is 0 Å². The predicted molar refractivity (Wildman–Crippen MR) is 86.7 cm³/mol. The lowest BCUT2D eigenvalue weighted by atomic mass is 10.0. The molecule has 0 radical (unpaired) electrons. The largest absolute Gasteiger partial charge is 0.357 e. The van der Waals surface area contributed by atoms with Crippen LogP contribution in [0.2, 0.25) is 0 Å². The molecule has 0 atom stereocenters. The number of pyridine rings is 1. The maximum absolute atomic E-state index is 6.00. The van der Waals surface area contributed by atoms with E-state index in [1.807, 2.05) is 0 Å². The molecule has 0 aliphatic carbocycles. The number of anilines is 1. The SMILES string of the molecule is CCc1cc(CCl)cc(N(C)C2CCN(CC)CC2)n1. The molecule has 1 aliphatic rings. The number of alkyl halides is 1. The highest BCUT2D eigenvalue weighted by molar-refractivity contribution is 6.17. The molecule has 3 nitrogen and oxygen atoms in total. The third kappa shape index (κ3) is 3.64. The zero-order chi connectivity index (χ0) is 14.5. The maximum Gasteiger partial charge on any atom is 0.129 e. The number of rotatable bonds is 5. The second kappa shape index (κ2) is 7.28. The van der Waals surface area contributed by atoms with Crippen molar-refractivity contribution < 1.29 is 0 Å². The molecule has 0 amide bonds. The lowest BCUT2D eigenvalue weighted by Crippen LogP contribution is -2.43. The quantitative estimate of drug-likeness (QED) is 0.777. The van der Waals surface area contributed by atoms with E-state index >= 15 is 0 Å². The lowest BCUT2D eigenvalue weighted by molar-refractivity contribution is 0.220. The number of aromatic nitrogens is 1. The Balaban J connectivity index is 2.10. The summed E-state index contributed by atoms with van der Waals surface area (Å²) in [5.41, 5.74) is 2.31. The molecule has 1 fully saturated rings. The third-order valence-corrected chi connectivity index (χ3v) is 4.66. The fourth-order valence-electron chi connectivity index (χ4n) is 2.88. The highest BCUT2D eigenvalue weighted by Gasteiger charge is 2.22. The molecule has 2 heterocycles. The smallest absolute Gasteiger partial charge is 0.129 e. The van der Waals surface area contributed by atoms with Crippen molar-refractivity contribution in [3.63, 3.8) is 0 Å². The molecule has 1 aromatic heterocycles. The van der Waals surface area contributed by atoms with Crippen LogP contribution in [0.25, 0.3) is 0 Å². The van der Waals surface area contributed by atoms with Crippen LogP contribution in [0, 0.1) is 0 Å². The second-order valence-corrected chi connectivity index (χ2v) is 5.86. The van der Waals surface area contributed by atoms with Crippen LogP contribution in [0.5, 0.6) is 0 Å². The topological polar surface area (TPSA) is 19.4 Å². The third-order valence-electron chi connectivity index (χ3n) is 4.35. The summed E-state index contributed by atoms with van der Waals surface area (Å²) in [6.45, 7) is 7.94. The molecule has 1 aromatic rings. The molecule has 4 heteroatoms. The Labute approximate surface area is 127 Å². The number of hydrogen-bond donors (Lipinski definition) is 0. The number of hydrogen-bond acceptors (Lipinski definition) is 3. The van der Waals surface area contributed by atoms with Crippen molar-refractivity contribution in [2.24, 2.45) is 0 Å². The van der Waals surface area contributed by atoms with Gasteiger partial charge in [0.2, 0.25) is 0 Å². The van der Waals surface area contributed by atoms with E-state index in [2.05, 4.69) is 42.8 Å². The average molecular weight is 296 g/mol. The van der Waals surface area contributed by atoms with Crippen LogP contribution in [0.4, 0.5) is 5.82 Å². The Hall–Kier alpha value is -0.800. The van der Waals surface area contributed by atoms with Crippen LogP contribution in [0.15, 0.2) is 12.1 Å². The summed E-state index contributed by atoms with van der Waals surface area (Å²) in [7, 11) is 2.17. The minimum atomic E-state index is 0.560. The molecule has 1 saturated heterocycles. The Morgan fingerprint density at radius 3 is 2.55 bits per heavy atom. The van der Waals surface area contributed by atoms with E-state index in [1.54, 1.807) is 0 Å². The number of piperidine rings is 1. The molecule has 0 spiro atoms. The van der Waals surface area contributed by atoms with Crippen LogP contribution in [0.1, 0.15) is 37.9 Å². The van der Waals surface area contributed by atoms with Crippen LogP contribution >= 0.6 is 11.6 Å². The van der Waals surface area contributed by atoms with E-state index in [9.17, 15) is 0 Å². The maximum atomic E-state index is 6.00. The molecule has 112 valence electrons. The summed E-state index contributed by atoms with van der Waals surface area (Å²) in [4.78, 5) is 9.64. The van der Waals surface area contributed by atoms with Gasteiger partial charge in [-0.1, -0.05) is 13.8 Å². The molecule has 1 aliphatic heterocycles. The van der Waals surface area contributed by atoms with Crippen LogP contribution < -0.4 is 4.90 Å². The van der Waals surface area contributed by atoms with Gasteiger partial charge in [-0.2, -0.15) is 0 Å². The fraction of sp³-hybridized carbons (Fsp3) is 0.688. The van der Waals surface area contributed by atoms with Crippen LogP contribution in [-0.4, -0.2) is 42.6 Å². The number of aryl methyl sites for hydroxylation is 1. The molecular weight excluding hydrogens is 270 g/mol. The first-order chi connectivity index (χ1) is 9.67. The molecule has 0 aromatic carbocycles. The standard InChI is InChI=1S/C16H26ClN3/c1-4-14-10-13(12-17)11-16(18-14)19(3)15-6-8-20(5-2)9-7-15/h10-11,15H,4-9,12H2,1-3H3. The van der Waals surface area contributed by atoms with Crippen molar-refractivity contribution in [3.8, 4) is 0 Å². The van der Waals surface area contributed by atoms with Gasteiger partial charge >= 0.3 is 0 Å². The van der Waals surface area contributed by atoms with E-state index in [1.165, 1.54) is 31.5 Å². The molecule has 20 heavy (non-hydrogen) atoms. The second-order valence-electron chi connectivity index (χ2n) is 5.59. The highest BCUT2D eigenvalue weighted by atomic mass is 35.5. The summed E-state index contributed by atoms with van der Waals surface area (Å²) in [5, 5.41) is 0. The number of nitrogens with zero attached hydrogens (tertiary/aromatic N) is 3. The van der Waals surface area contributed by atoms with Crippen molar-refractivity contribution in [1.82, 2.24) is 9.88 Å². The molecular formula is C16H26ClN3. The van der Waals surface area contributed by atoms with Crippen molar-refractivity contribution in [2.75, 3.05) is 31.6 Å². The zero-order valence-corrected chi connectivity index (χ0v) is 13.7. The van der Waals surface area contributed by atoms with Gasteiger partial charge in [0, 0.05) is 37.8 Å². The Kier molecular flexibility index (Phi) is 5.67. The van der Waals surface area contributed by atoms with Crippen LogP contribution in [-0.2, 0) is 12.3 Å². The summed E-state index contributed by atoms with van der Waals surface area (Å²) in [5.74, 6) is 1.64. The fourth-order valence-corrected chi connectivity index (χ4v) is 3.04. The van der Waals surface area contributed by atoms with E-state index < -0.39 is 0 Å². The van der Waals surface area contributed by atoms with Gasteiger partial charge in [-0.05, 0) is 43.5 Å². The summed E-state index contributed by atoms with van der Waals surface area (Å²) >= 11 is 6.00. The first-order valence-corrected chi connectivity index (χ1v) is 8.22. The summed E-state index contributed by atoms with van der Waals surface area (Å²) in [6, 6.07) is 4.85. The van der Waals surface area contributed by atoms with Crippen molar-refractivity contribution >= 4 is 17.4 Å². The van der Waals surface area contributed by atoms with E-state index in [0.717, 1.165) is 24.5 Å². The number of likely N-dealkylation sites (tertiary alicyclic amines) is 1. The first kappa shape index (κ1) is 15.6. The van der Waals surface area contributed by atoms with Gasteiger partial charge in [0.25, 0.3) is 0 Å². The van der Waals surface area contributed by atoms with Crippen LogP contribution in [0.3, 0.4) is 0 Å². The van der Waals surface area contributed by atoms with Gasteiger partial charge in [-0.25, -0.2) is 4.98 Å².